The highest BCUT2D eigenvalue weighted by Gasteiger charge is 2.49. The van der Waals surface area contributed by atoms with Crippen molar-refractivity contribution in [2.24, 2.45) is 23.2 Å². The fourth-order valence-electron chi connectivity index (χ4n) is 7.00. The number of benzene rings is 1. The number of amides is 3. The van der Waals surface area contributed by atoms with Gasteiger partial charge < -0.3 is 30.7 Å². The summed E-state index contributed by atoms with van der Waals surface area (Å²) in [5.41, 5.74) is 0.592. The van der Waals surface area contributed by atoms with Crippen LogP contribution in [0.3, 0.4) is 0 Å². The van der Waals surface area contributed by atoms with E-state index in [1.165, 1.54) is 18.3 Å². The van der Waals surface area contributed by atoms with Gasteiger partial charge in [-0.25, -0.2) is 4.98 Å². The fraction of sp³-hybridized carbons (Fsp3) is 0.641. The molecule has 1 heterocycles. The van der Waals surface area contributed by atoms with Gasteiger partial charge in [-0.05, 0) is 56.6 Å². The Kier molecular flexibility index (Phi) is 15.8. The number of carboxylic acids is 1. The number of rotatable bonds is 20. The number of hydrogen-bond donors (Lipinski definition) is 4. The van der Waals surface area contributed by atoms with E-state index in [1.807, 2.05) is 72.0 Å². The topological polar surface area (TPSA) is 167 Å². The number of likely N-dealkylation sites (N-methyl/N-ethyl adjacent to an activating group) is 1. The summed E-state index contributed by atoms with van der Waals surface area (Å²) >= 11 is 1.18. The van der Waals surface area contributed by atoms with Crippen molar-refractivity contribution < 1.29 is 33.8 Å². The second-order valence-corrected chi connectivity index (χ2v) is 15.8. The summed E-state index contributed by atoms with van der Waals surface area (Å²) in [7, 11) is 3.62. The first-order valence-corrected chi connectivity index (χ1v) is 19.4. The van der Waals surface area contributed by atoms with Crippen LogP contribution in [0.4, 0.5) is 0 Å². The van der Waals surface area contributed by atoms with Gasteiger partial charge in [0.15, 0.2) is 6.10 Å². The maximum atomic E-state index is 14.2. The molecule has 1 saturated carbocycles. The molecule has 3 rings (SSSR count). The van der Waals surface area contributed by atoms with Crippen LogP contribution >= 0.6 is 11.3 Å². The molecule has 0 aliphatic heterocycles. The quantitative estimate of drug-likeness (QED) is 0.130. The zero-order valence-electron chi connectivity index (χ0n) is 32.2. The smallest absolute Gasteiger partial charge is 0.306 e. The van der Waals surface area contributed by atoms with Gasteiger partial charge in [0.1, 0.15) is 16.7 Å². The standard InChI is InChI=1S/C39H59N5O7S/c1-10-24(5)33(43-38(50)39(11-2)20-29(21-39)40-8)36(47)44(9)31(23(3)4)19-32(51-26(7)45)35-42-30(22-52-35)34(46)41-28(17-25(6)37(48)49)18-27-15-13-12-14-16-27/h12-16,22-25,28-29,31-33,40H,10-11,17-21H2,1-9H3,(H,41,46)(H,43,50)(H,48,49)/t24-,25-,28+,29?,31+,32+,33-,39?/m0/s1. The Labute approximate surface area is 312 Å². The lowest BCUT2D eigenvalue weighted by atomic mass is 9.63. The van der Waals surface area contributed by atoms with Crippen molar-refractivity contribution in [2.75, 3.05) is 14.1 Å². The second kappa shape index (κ2) is 19.3. The van der Waals surface area contributed by atoms with Crippen molar-refractivity contribution in [2.45, 2.75) is 124 Å². The van der Waals surface area contributed by atoms with Crippen LogP contribution in [0.15, 0.2) is 35.7 Å². The first kappa shape index (κ1) is 42.6. The first-order valence-electron chi connectivity index (χ1n) is 18.5. The lowest BCUT2D eigenvalue weighted by molar-refractivity contribution is -0.150. The summed E-state index contributed by atoms with van der Waals surface area (Å²) in [5.74, 6) is -3.08. The lowest BCUT2D eigenvalue weighted by Crippen LogP contribution is -2.60. The maximum absolute atomic E-state index is 14.2. The molecular weight excluding hydrogens is 683 g/mol. The molecule has 1 aromatic heterocycles. The Hall–Kier alpha value is -3.84. The largest absolute Gasteiger partial charge is 0.481 e. The first-order chi connectivity index (χ1) is 24.5. The third-order valence-corrected chi connectivity index (χ3v) is 11.7. The molecule has 0 saturated heterocycles. The van der Waals surface area contributed by atoms with Gasteiger partial charge in [0.05, 0.1) is 11.3 Å². The van der Waals surface area contributed by atoms with Crippen LogP contribution in [-0.4, -0.2) is 82.9 Å². The molecule has 288 valence electrons. The summed E-state index contributed by atoms with van der Waals surface area (Å²) in [6, 6.07) is 8.23. The van der Waals surface area contributed by atoms with Gasteiger partial charge in [0, 0.05) is 43.9 Å². The number of esters is 1. The van der Waals surface area contributed by atoms with Crippen molar-refractivity contribution in [3.8, 4) is 0 Å². The summed E-state index contributed by atoms with van der Waals surface area (Å²) in [6.07, 6.45) is 2.90. The minimum atomic E-state index is -0.945. The van der Waals surface area contributed by atoms with E-state index in [0.29, 0.717) is 24.3 Å². The summed E-state index contributed by atoms with van der Waals surface area (Å²) in [4.78, 5) is 71.6. The molecule has 13 heteroatoms. The Morgan fingerprint density at radius 2 is 1.69 bits per heavy atom. The average Bonchev–Trinajstić information content (AvgIpc) is 3.58. The van der Waals surface area contributed by atoms with Crippen LogP contribution in [0.5, 0.6) is 0 Å². The number of thiazole rings is 1. The molecule has 3 amide bonds. The molecule has 2 aromatic rings. The van der Waals surface area contributed by atoms with Gasteiger partial charge >= 0.3 is 11.9 Å². The highest BCUT2D eigenvalue weighted by molar-refractivity contribution is 7.09. The maximum Gasteiger partial charge on any atom is 0.306 e. The minimum Gasteiger partial charge on any atom is -0.481 e. The highest BCUT2D eigenvalue weighted by atomic mass is 32.1. The molecule has 1 fully saturated rings. The van der Waals surface area contributed by atoms with Gasteiger partial charge in [-0.3, -0.25) is 24.0 Å². The Bertz CT molecular complexity index is 1510. The van der Waals surface area contributed by atoms with Crippen molar-refractivity contribution >= 4 is 41.0 Å². The lowest BCUT2D eigenvalue weighted by Gasteiger charge is -2.47. The molecule has 0 radical (unpaired) electrons. The Balaban J connectivity index is 1.82. The average molecular weight is 742 g/mol. The molecule has 0 spiro atoms. The van der Waals surface area contributed by atoms with Crippen molar-refractivity contribution in [1.82, 2.24) is 25.8 Å². The summed E-state index contributed by atoms with van der Waals surface area (Å²) in [6.45, 7) is 12.9. The van der Waals surface area contributed by atoms with E-state index in [0.717, 1.165) is 18.4 Å². The fourth-order valence-corrected chi connectivity index (χ4v) is 7.84. The van der Waals surface area contributed by atoms with Crippen molar-refractivity contribution in [3.05, 3.63) is 52.0 Å². The van der Waals surface area contributed by atoms with Gasteiger partial charge in [-0.2, -0.15) is 0 Å². The summed E-state index contributed by atoms with van der Waals surface area (Å²) < 4.78 is 5.77. The normalized spacial score (nSPS) is 20.4. The van der Waals surface area contributed by atoms with Crippen LogP contribution in [-0.2, 0) is 30.3 Å². The van der Waals surface area contributed by atoms with E-state index in [4.69, 9.17) is 4.74 Å². The Morgan fingerprint density at radius 1 is 1.04 bits per heavy atom. The van der Waals surface area contributed by atoms with Crippen LogP contribution in [0.25, 0.3) is 0 Å². The van der Waals surface area contributed by atoms with Crippen molar-refractivity contribution in [3.63, 3.8) is 0 Å². The molecule has 6 atom stereocenters. The molecule has 52 heavy (non-hydrogen) atoms. The van der Waals surface area contributed by atoms with Crippen LogP contribution < -0.4 is 16.0 Å². The number of aliphatic carboxylic acids is 1. The third kappa shape index (κ3) is 11.1. The molecule has 12 nitrogen and oxygen atoms in total. The number of carbonyl (C=O) groups is 5. The van der Waals surface area contributed by atoms with Crippen LogP contribution in [0.2, 0.25) is 0 Å². The van der Waals surface area contributed by atoms with Crippen molar-refractivity contribution in [1.29, 1.82) is 0 Å². The van der Waals surface area contributed by atoms with E-state index in [2.05, 4.69) is 20.9 Å². The van der Waals surface area contributed by atoms with E-state index in [9.17, 15) is 29.1 Å². The molecule has 4 N–H and O–H groups in total. The Morgan fingerprint density at radius 3 is 2.23 bits per heavy atom. The third-order valence-electron chi connectivity index (χ3n) is 10.7. The number of carbonyl (C=O) groups excluding carboxylic acids is 4. The SMILES string of the molecule is CC[C@H](C)[C@H](NC(=O)C1(CC)CC(NC)C1)C(=O)N(C)[C@H](C[C@@H](OC(C)=O)c1nc(C(=O)N[C@@H](Cc2ccccc2)C[C@H](C)C(=O)O)cs1)C(C)C. The minimum absolute atomic E-state index is 0.0528. The molecule has 1 aromatic carbocycles. The number of nitrogens with zero attached hydrogens (tertiary/aromatic N) is 2. The predicted octanol–water partition coefficient (Wildman–Crippen LogP) is 5.38. The predicted molar refractivity (Wildman–Crippen MR) is 202 cm³/mol. The molecule has 1 aliphatic carbocycles. The van der Waals surface area contributed by atoms with E-state index < -0.39 is 53.4 Å². The molecule has 0 unspecified atom stereocenters. The molecule has 0 bridgehead atoms. The number of aromatic nitrogens is 1. The van der Waals surface area contributed by atoms with Crippen LogP contribution in [0.1, 0.15) is 114 Å². The number of nitrogens with one attached hydrogen (secondary N) is 3. The zero-order chi connectivity index (χ0) is 38.7. The monoisotopic (exact) mass is 741 g/mol. The second-order valence-electron chi connectivity index (χ2n) is 14.9. The van der Waals surface area contributed by atoms with Gasteiger partial charge in [0.25, 0.3) is 5.91 Å². The zero-order valence-corrected chi connectivity index (χ0v) is 33.0. The number of carboxylic acid groups (broad SMARTS) is 1. The van der Waals surface area contributed by atoms with E-state index in [1.54, 1.807) is 24.3 Å². The van der Waals surface area contributed by atoms with E-state index >= 15 is 0 Å². The molecular formula is C39H59N5O7S. The molecule has 1 aliphatic rings. The number of ether oxygens (including phenoxy) is 1. The van der Waals surface area contributed by atoms with Gasteiger partial charge in [-0.15, -0.1) is 11.3 Å². The van der Waals surface area contributed by atoms with Crippen LogP contribution in [0, 0.1) is 23.2 Å². The summed E-state index contributed by atoms with van der Waals surface area (Å²) in [5, 5.41) is 20.9. The van der Waals surface area contributed by atoms with Gasteiger partial charge in [-0.1, -0.05) is 78.3 Å². The number of hydrogen-bond acceptors (Lipinski definition) is 9. The van der Waals surface area contributed by atoms with E-state index in [-0.39, 0.29) is 48.2 Å². The van der Waals surface area contributed by atoms with Gasteiger partial charge in [0.2, 0.25) is 11.8 Å². The highest BCUT2D eigenvalue weighted by Crippen LogP contribution is 2.44.